The molecule has 20 N–H and O–H groups in total. The fourth-order valence-corrected chi connectivity index (χ4v) is 18.1. The van der Waals surface area contributed by atoms with Gasteiger partial charge in [-0.2, -0.15) is 0 Å². The highest BCUT2D eigenvalue weighted by atomic mass is 19.1. The lowest BCUT2D eigenvalue weighted by atomic mass is 9.97. The Balaban J connectivity index is 1.03. The van der Waals surface area contributed by atoms with Gasteiger partial charge in [0.05, 0.1) is 19.1 Å². The van der Waals surface area contributed by atoms with Crippen LogP contribution in [0.3, 0.4) is 0 Å². The Hall–Kier alpha value is -13.0. The number of unbranched alkanes of at least 4 members (excludes halogenated alkanes) is 2. The van der Waals surface area contributed by atoms with Crippen molar-refractivity contribution in [2.45, 2.75) is 253 Å². The lowest BCUT2D eigenvalue weighted by molar-refractivity contribution is -0.149. The van der Waals surface area contributed by atoms with Crippen LogP contribution in [0.25, 0.3) is 21.8 Å². The Kier molecular flexibility index (Phi) is 35.6. The number of aromatic amines is 1. The third-order valence-electron chi connectivity index (χ3n) is 25.0. The fourth-order valence-electron chi connectivity index (χ4n) is 18.1. The number of para-hydroxylation sites is 2. The highest BCUT2D eigenvalue weighted by Crippen LogP contribution is 2.48. The zero-order valence-electron chi connectivity index (χ0n) is 75.5. The van der Waals surface area contributed by atoms with E-state index in [1.54, 1.807) is 68.6 Å². The van der Waals surface area contributed by atoms with Crippen LogP contribution >= 0.6 is 0 Å². The minimum atomic E-state index is -1.97. The topological polar surface area (TPSA) is 617 Å². The molecular formula is C90H123FN20O22. The number of carbonyl (C=O) groups is 18. The summed E-state index contributed by atoms with van der Waals surface area (Å²) in [5, 5.41) is 53.6. The predicted octanol–water partition coefficient (Wildman–Crippen LogP) is -2.23. The first-order valence-corrected chi connectivity index (χ1v) is 45.1. The number of aliphatic carboxylic acids is 2. The number of carboxylic acid groups (broad SMARTS) is 2. The number of fused-ring (bicyclic) bond motifs is 4. The molecule has 0 bridgehead atoms. The van der Waals surface area contributed by atoms with E-state index in [0.717, 1.165) is 41.5 Å². The van der Waals surface area contributed by atoms with Crippen LogP contribution < -0.4 is 65.5 Å². The SMILES string of the molecule is CCCC[C@H]1C(=O)N(C)[C@@H](CCCC)C(=O)N[C@@H](CC(C)C)C(=O)N[C@H](C(N)=O)COCC(=O)N[C@@H](Cc2ccc(F)cc2)C(=O)N2CCCC[C@@]23C(=O)N3[C@@H](CC(N)=O)C(=O)N2CCC[C@H]2C(=O)N[C@@H](CN)C(=O)N[C@@H](CCC(=O)O)C(=O)N2C[C@H](O)C[C@H]2C(=O)N[C@@H](Cc2c[nH]c3ccccc23)C(=O)N[C@@H](CCN)C(=O)N[C@@H](Cc2cn(CC(=O)O)c3ccccc23)C(=O)N1C. The maximum Gasteiger partial charge on any atom is 0.323 e. The number of aromatic nitrogens is 2. The molecular weight excluding hydrogens is 1730 g/mol. The molecule has 5 aromatic rings. The number of benzene rings is 3. The minimum Gasteiger partial charge on any atom is -0.481 e. The summed E-state index contributed by atoms with van der Waals surface area (Å²) in [4.78, 5) is 272. The van der Waals surface area contributed by atoms with Crippen molar-refractivity contribution < 1.29 is 111 Å². The van der Waals surface area contributed by atoms with Crippen molar-refractivity contribution in [1.29, 1.82) is 0 Å². The first-order valence-electron chi connectivity index (χ1n) is 45.1. The molecule has 10 rings (SSSR count). The number of carbonyl (C=O) groups excluding carboxylic acids is 16. The number of likely N-dealkylation sites (N-methyl/N-ethyl adjacent to an activating group) is 2. The van der Waals surface area contributed by atoms with Crippen molar-refractivity contribution in [2.75, 3.05) is 60.0 Å². The summed E-state index contributed by atoms with van der Waals surface area (Å²) in [5.41, 5.74) is 24.3. The summed E-state index contributed by atoms with van der Waals surface area (Å²) in [6.45, 7) is 2.95. The van der Waals surface area contributed by atoms with Gasteiger partial charge in [-0.3, -0.25) is 91.2 Å². The van der Waals surface area contributed by atoms with E-state index in [9.17, 15) is 62.9 Å². The number of primary amides is 2. The van der Waals surface area contributed by atoms with Crippen LogP contribution in [0, 0.1) is 11.7 Å². The van der Waals surface area contributed by atoms with Crippen molar-refractivity contribution in [1.82, 2.24) is 81.5 Å². The Labute approximate surface area is 766 Å². The van der Waals surface area contributed by atoms with Crippen LogP contribution in [-0.2, 0) is 117 Å². The second-order valence-electron chi connectivity index (χ2n) is 35.1. The van der Waals surface area contributed by atoms with Crippen molar-refractivity contribution >= 4 is 128 Å². The number of carboxylic acids is 2. The first-order chi connectivity index (χ1) is 63.3. The number of ether oxygens (including phenoxy) is 1. The van der Waals surface area contributed by atoms with Gasteiger partial charge in [0.1, 0.15) is 97.5 Å². The molecule has 15 atom stereocenters. The normalized spacial score (nSPS) is 26.3. The number of aliphatic hydroxyl groups excluding tert-OH is 1. The van der Waals surface area contributed by atoms with Gasteiger partial charge in [-0.05, 0) is 118 Å². The lowest BCUT2D eigenvalue weighted by Gasteiger charge is -2.38. The number of halogens is 1. The minimum absolute atomic E-state index is 0.000404. The van der Waals surface area contributed by atoms with E-state index in [4.69, 9.17) is 27.7 Å². The molecule has 0 unspecified atom stereocenters. The second kappa shape index (κ2) is 46.4. The van der Waals surface area contributed by atoms with Gasteiger partial charge in [0.2, 0.25) is 88.6 Å². The largest absolute Gasteiger partial charge is 0.481 e. The first kappa shape index (κ1) is 102. The molecule has 2 aromatic heterocycles. The quantitative estimate of drug-likeness (QED) is 0.0275. The standard InChI is InChI=1S/C90H123FN20O22/c1-7-9-21-67-81(124)100-60(36-49(3)4)78(121)104-65(76(95)119)47-133-48-73(114)97-62(37-50-25-27-53(91)28-26-50)86(129)110-35-16-15-32-90(110)89(132)111(90)71(41-72(94)113)88(131)108-34-17-24-68(108)82(125)103-64(42-93)80(123)99-59(29-30-74(115)116)85(128)109-45-54(112)40-70(109)83(126)101-61(38-51-43-96-57-20-13-11-18-55(51)57)79(122)98-58(31-33-92)77(120)102-63(84(127)106(6)69(22-10-8-2)87(130)105(67)5)39-52-44-107(46-75(117)118)66-23-14-12-19-56(52)66/h11-14,18-20,23,25-28,43-44,49,54,58-65,67-71,96,112H,7-10,15-17,21-22,24,29-42,45-48,92-93H2,1-6H3,(H2,94,113)(H2,95,119)(H,97,114)(H,98,122)(H,99,123)(H,100,124)(H,101,126)(H,102,120)(H,103,125)(H,104,121)(H,115,116)(H,117,118)/t54-,58+,59+,60+,61+,62+,63+,64+,65+,67+,68+,69+,70+,71+,90-,111?/m1/s1. The number of piperidine rings is 1. The van der Waals surface area contributed by atoms with Crippen LogP contribution in [-0.4, -0.2) is 311 Å². The highest BCUT2D eigenvalue weighted by molar-refractivity contribution is 6.10. The van der Waals surface area contributed by atoms with Crippen molar-refractivity contribution in [3.05, 3.63) is 108 Å². The van der Waals surface area contributed by atoms with Gasteiger partial charge in [0, 0.05) is 107 Å². The van der Waals surface area contributed by atoms with E-state index in [1.165, 1.54) is 37.0 Å². The summed E-state index contributed by atoms with van der Waals surface area (Å²) in [7, 11) is 2.67. The smallest absolute Gasteiger partial charge is 0.323 e. The van der Waals surface area contributed by atoms with E-state index >= 15 is 43.2 Å². The maximum absolute atomic E-state index is 15.9. The molecule has 1 spiro atoms. The average Bonchev–Trinajstić information content (AvgIpc) is 1.52. The summed E-state index contributed by atoms with van der Waals surface area (Å²) in [6, 6.07) is -2.67. The summed E-state index contributed by atoms with van der Waals surface area (Å²) < 4.78 is 21.6. The molecule has 5 aliphatic rings. The molecule has 5 saturated heterocycles. The monoisotopic (exact) mass is 1850 g/mol. The fraction of sp³-hybridized carbons (Fsp3) is 0.556. The van der Waals surface area contributed by atoms with Gasteiger partial charge < -0.3 is 120 Å². The van der Waals surface area contributed by atoms with Gasteiger partial charge in [0.15, 0.2) is 5.66 Å². The van der Waals surface area contributed by atoms with E-state index in [2.05, 4.69) is 47.5 Å². The molecule has 5 aliphatic heterocycles. The average molecular weight is 1860 g/mol. The Morgan fingerprint density at radius 1 is 0.571 bits per heavy atom. The van der Waals surface area contributed by atoms with Gasteiger partial charge in [-0.1, -0.05) is 102 Å². The van der Waals surface area contributed by atoms with Crippen molar-refractivity contribution in [3.63, 3.8) is 0 Å². The number of nitrogens with zero attached hydrogens (tertiary/aromatic N) is 7. The number of rotatable bonds is 25. The van der Waals surface area contributed by atoms with E-state index in [-0.39, 0.29) is 96.2 Å². The molecule has 16 amide bonds. The molecule has 0 saturated carbocycles. The van der Waals surface area contributed by atoms with E-state index in [1.807, 2.05) is 13.8 Å². The van der Waals surface area contributed by atoms with Crippen LogP contribution in [0.1, 0.15) is 154 Å². The third kappa shape index (κ3) is 25.2. The summed E-state index contributed by atoms with van der Waals surface area (Å²) in [5.74, 6) is -19.5. The van der Waals surface area contributed by atoms with Gasteiger partial charge in [-0.25, -0.2) is 4.39 Å². The van der Waals surface area contributed by atoms with Crippen molar-refractivity contribution in [2.24, 2.45) is 28.9 Å². The molecule has 0 radical (unpaired) electrons. The number of nitrogens with two attached hydrogens (primary N) is 4. The van der Waals surface area contributed by atoms with Gasteiger partial charge in [0.25, 0.3) is 5.91 Å². The maximum atomic E-state index is 15.9. The van der Waals surface area contributed by atoms with Gasteiger partial charge >= 0.3 is 11.9 Å². The number of nitrogens with one attached hydrogen (secondary N) is 9. The number of H-pyrrole nitrogens is 1. The summed E-state index contributed by atoms with van der Waals surface area (Å²) >= 11 is 0. The molecule has 7 heterocycles. The molecule has 5 fully saturated rings. The van der Waals surface area contributed by atoms with Crippen molar-refractivity contribution in [3.8, 4) is 0 Å². The molecule has 43 heteroatoms. The number of hydrogen-bond acceptors (Lipinski definition) is 22. The Morgan fingerprint density at radius 2 is 1.17 bits per heavy atom. The van der Waals surface area contributed by atoms with Gasteiger partial charge in [-0.15, -0.1) is 0 Å². The van der Waals surface area contributed by atoms with E-state index < -0.39 is 268 Å². The zero-order valence-corrected chi connectivity index (χ0v) is 75.5. The molecule has 3 aromatic carbocycles. The third-order valence-corrected chi connectivity index (χ3v) is 25.0. The number of aliphatic hydroxyl groups is 1. The number of amides is 16. The predicted molar refractivity (Wildman–Crippen MR) is 476 cm³/mol. The molecule has 133 heavy (non-hydrogen) atoms. The van der Waals surface area contributed by atoms with Crippen LogP contribution in [0.2, 0.25) is 0 Å². The lowest BCUT2D eigenvalue weighted by Crippen LogP contribution is -2.61. The number of hydrogen-bond donors (Lipinski definition) is 16. The highest BCUT2D eigenvalue weighted by Gasteiger charge is 2.72. The Morgan fingerprint density at radius 3 is 1.83 bits per heavy atom. The molecule has 42 nitrogen and oxygen atoms in total. The second-order valence-corrected chi connectivity index (χ2v) is 35.1. The zero-order chi connectivity index (χ0) is 97.0. The summed E-state index contributed by atoms with van der Waals surface area (Å²) in [6.07, 6.45) is -0.654. The Bertz CT molecular complexity index is 5140. The van der Waals surface area contributed by atoms with Crippen LogP contribution in [0.5, 0.6) is 0 Å². The van der Waals surface area contributed by atoms with E-state index in [0.29, 0.717) is 64.2 Å². The molecule has 0 aliphatic carbocycles. The molecule has 722 valence electrons. The van der Waals surface area contributed by atoms with Crippen LogP contribution in [0.15, 0.2) is 85.2 Å². The van der Waals surface area contributed by atoms with Crippen LogP contribution in [0.4, 0.5) is 4.39 Å².